The summed E-state index contributed by atoms with van der Waals surface area (Å²) in [5.41, 5.74) is 2.11. The number of carbonyl (C=O) groups excluding carboxylic acids is 1. The fraction of sp³-hybridized carbons (Fsp3) is 0.458. The van der Waals surface area contributed by atoms with E-state index in [0.29, 0.717) is 23.3 Å². The molecule has 7 heteroatoms. The molecule has 3 aromatic rings. The van der Waals surface area contributed by atoms with E-state index in [1.165, 1.54) is 19.8 Å². The Hall–Kier alpha value is -2.93. The van der Waals surface area contributed by atoms with Crippen LogP contribution in [-0.4, -0.2) is 33.4 Å². The normalized spacial score (nSPS) is 11.4. The minimum atomic E-state index is -0.186. The van der Waals surface area contributed by atoms with Crippen molar-refractivity contribution in [2.75, 3.05) is 18.4 Å². The Kier molecular flexibility index (Phi) is 7.63. The number of aryl methyl sites for hydroxylation is 1. The minimum absolute atomic E-state index is 0.0853. The van der Waals surface area contributed by atoms with Gasteiger partial charge in [0.05, 0.1) is 11.9 Å². The van der Waals surface area contributed by atoms with Crippen LogP contribution in [0.15, 0.2) is 39.8 Å². The summed E-state index contributed by atoms with van der Waals surface area (Å²) >= 11 is 0. The van der Waals surface area contributed by atoms with E-state index in [9.17, 15) is 9.59 Å². The Morgan fingerprint density at radius 3 is 2.71 bits per heavy atom. The second kappa shape index (κ2) is 10.4. The molecule has 3 heterocycles. The number of carbonyl (C=O) groups is 1. The molecule has 0 aromatic carbocycles. The van der Waals surface area contributed by atoms with Gasteiger partial charge in [-0.25, -0.2) is 4.98 Å². The number of aromatic nitrogens is 2. The van der Waals surface area contributed by atoms with Crippen molar-refractivity contribution in [1.82, 2.24) is 14.5 Å². The number of furan rings is 1. The number of unbranched alkanes of at least 4 members (excludes halogenated alkanes) is 2. The Labute approximate surface area is 183 Å². The van der Waals surface area contributed by atoms with Crippen LogP contribution < -0.4 is 10.9 Å². The van der Waals surface area contributed by atoms with Gasteiger partial charge in [0.25, 0.3) is 5.56 Å². The second-order valence-corrected chi connectivity index (χ2v) is 8.01. The average molecular weight is 425 g/mol. The summed E-state index contributed by atoms with van der Waals surface area (Å²) in [5, 5.41) is 3.27. The van der Waals surface area contributed by atoms with E-state index < -0.39 is 0 Å². The molecule has 1 amide bonds. The van der Waals surface area contributed by atoms with Crippen LogP contribution >= 0.6 is 0 Å². The zero-order chi connectivity index (χ0) is 22.4. The Bertz CT molecular complexity index is 1100. The third-order valence-corrected chi connectivity index (χ3v) is 5.27. The molecule has 0 aliphatic heterocycles. The van der Waals surface area contributed by atoms with Crippen molar-refractivity contribution in [3.63, 3.8) is 0 Å². The molecular weight excluding hydrogens is 392 g/mol. The lowest BCUT2D eigenvalue weighted by molar-refractivity contribution is -0.114. The standard InChI is InChI=1S/C24H32N4O3/c1-5-7-8-12-28(11-6-2)15-19-14-20-23(31-19)21(16-27(4)24(20)30)18-9-10-25-22(13-18)26-17(3)29/h9-10,13-14,16H,5-8,11-12,15H2,1-4H3,(H,25,26,29). The SMILES string of the molecule is CCCCCN(CCC)Cc1cc2c(=O)n(C)cc(-c3ccnc(NC(C)=O)c3)c2o1. The summed E-state index contributed by atoms with van der Waals surface area (Å²) < 4.78 is 7.80. The van der Waals surface area contributed by atoms with Crippen molar-refractivity contribution in [3.8, 4) is 11.1 Å². The molecule has 0 saturated carbocycles. The highest BCUT2D eigenvalue weighted by atomic mass is 16.3. The number of nitrogens with zero attached hydrogens (tertiary/aromatic N) is 3. The lowest BCUT2D eigenvalue weighted by Gasteiger charge is -2.20. The van der Waals surface area contributed by atoms with Crippen LogP contribution in [-0.2, 0) is 18.4 Å². The van der Waals surface area contributed by atoms with Gasteiger partial charge in [0.1, 0.15) is 17.2 Å². The van der Waals surface area contributed by atoms with Crippen molar-refractivity contribution in [2.45, 2.75) is 53.0 Å². The van der Waals surface area contributed by atoms with Gasteiger partial charge in [0.2, 0.25) is 5.91 Å². The van der Waals surface area contributed by atoms with Crippen molar-refractivity contribution < 1.29 is 9.21 Å². The first-order valence-corrected chi connectivity index (χ1v) is 11.0. The van der Waals surface area contributed by atoms with Gasteiger partial charge in [-0.1, -0.05) is 26.7 Å². The van der Waals surface area contributed by atoms with E-state index in [1.807, 2.05) is 12.1 Å². The Morgan fingerprint density at radius 2 is 2.00 bits per heavy atom. The number of amides is 1. The van der Waals surface area contributed by atoms with Gasteiger partial charge in [-0.15, -0.1) is 0 Å². The first kappa shape index (κ1) is 22.7. The summed E-state index contributed by atoms with van der Waals surface area (Å²) in [6.45, 7) is 8.53. The number of pyridine rings is 2. The summed E-state index contributed by atoms with van der Waals surface area (Å²) in [6.07, 6.45) is 8.04. The van der Waals surface area contributed by atoms with E-state index in [0.717, 1.165) is 42.8 Å². The third-order valence-electron chi connectivity index (χ3n) is 5.27. The van der Waals surface area contributed by atoms with Crippen LogP contribution in [0.5, 0.6) is 0 Å². The van der Waals surface area contributed by atoms with E-state index in [-0.39, 0.29) is 11.5 Å². The summed E-state index contributed by atoms with van der Waals surface area (Å²) in [4.78, 5) is 30.8. The van der Waals surface area contributed by atoms with Crippen LogP contribution in [0.1, 0.15) is 52.2 Å². The maximum absolute atomic E-state index is 12.8. The quantitative estimate of drug-likeness (QED) is 0.483. The molecule has 1 N–H and O–H groups in total. The summed E-state index contributed by atoms with van der Waals surface area (Å²) in [7, 11) is 1.74. The van der Waals surface area contributed by atoms with Gasteiger partial charge in [-0.05, 0) is 49.7 Å². The van der Waals surface area contributed by atoms with Crippen LogP contribution in [0.3, 0.4) is 0 Å². The molecular formula is C24H32N4O3. The van der Waals surface area contributed by atoms with Crippen molar-refractivity contribution in [2.24, 2.45) is 7.05 Å². The van der Waals surface area contributed by atoms with Crippen molar-refractivity contribution >= 4 is 22.7 Å². The summed E-state index contributed by atoms with van der Waals surface area (Å²) in [5.74, 6) is 1.07. The average Bonchev–Trinajstić information content (AvgIpc) is 3.14. The van der Waals surface area contributed by atoms with E-state index >= 15 is 0 Å². The number of fused-ring (bicyclic) bond motifs is 1. The lowest BCUT2D eigenvalue weighted by atomic mass is 10.1. The molecule has 7 nitrogen and oxygen atoms in total. The molecule has 0 aliphatic carbocycles. The van der Waals surface area contributed by atoms with Gasteiger partial charge in [-0.3, -0.25) is 14.5 Å². The molecule has 0 atom stereocenters. The number of rotatable bonds is 10. The van der Waals surface area contributed by atoms with Gasteiger partial charge in [-0.2, -0.15) is 0 Å². The molecule has 0 fully saturated rings. The van der Waals surface area contributed by atoms with Crippen LogP contribution in [0, 0.1) is 0 Å². The van der Waals surface area contributed by atoms with Crippen LogP contribution in [0.2, 0.25) is 0 Å². The number of anilines is 1. The monoisotopic (exact) mass is 424 g/mol. The predicted octanol–water partition coefficient (Wildman–Crippen LogP) is 4.55. The molecule has 3 rings (SSSR count). The maximum atomic E-state index is 12.8. The second-order valence-electron chi connectivity index (χ2n) is 8.01. The van der Waals surface area contributed by atoms with E-state index in [1.54, 1.807) is 30.1 Å². The third kappa shape index (κ3) is 5.61. The summed E-state index contributed by atoms with van der Waals surface area (Å²) in [6, 6.07) is 5.51. The van der Waals surface area contributed by atoms with Gasteiger partial charge < -0.3 is 14.3 Å². The molecule has 0 aliphatic rings. The van der Waals surface area contributed by atoms with Crippen molar-refractivity contribution in [3.05, 3.63) is 46.7 Å². The first-order valence-electron chi connectivity index (χ1n) is 11.0. The molecule has 0 bridgehead atoms. The smallest absolute Gasteiger partial charge is 0.261 e. The Morgan fingerprint density at radius 1 is 1.19 bits per heavy atom. The fourth-order valence-corrected chi connectivity index (χ4v) is 3.82. The predicted molar refractivity (Wildman–Crippen MR) is 124 cm³/mol. The molecule has 0 radical (unpaired) electrons. The Balaban J connectivity index is 1.99. The van der Waals surface area contributed by atoms with Gasteiger partial charge >= 0.3 is 0 Å². The fourth-order valence-electron chi connectivity index (χ4n) is 3.82. The van der Waals surface area contributed by atoms with E-state index in [4.69, 9.17) is 4.42 Å². The van der Waals surface area contributed by atoms with Crippen LogP contribution in [0.4, 0.5) is 5.82 Å². The minimum Gasteiger partial charge on any atom is -0.459 e. The van der Waals surface area contributed by atoms with Gasteiger partial charge in [0, 0.05) is 31.9 Å². The maximum Gasteiger partial charge on any atom is 0.261 e. The molecule has 166 valence electrons. The topological polar surface area (TPSA) is 80.4 Å². The molecule has 0 spiro atoms. The molecule has 0 unspecified atom stereocenters. The number of nitrogens with one attached hydrogen (secondary N) is 1. The zero-order valence-corrected chi connectivity index (χ0v) is 18.9. The lowest BCUT2D eigenvalue weighted by Crippen LogP contribution is -2.25. The number of hydrogen-bond acceptors (Lipinski definition) is 5. The highest BCUT2D eigenvalue weighted by Crippen LogP contribution is 2.30. The molecule has 0 saturated heterocycles. The van der Waals surface area contributed by atoms with E-state index in [2.05, 4.69) is 29.0 Å². The van der Waals surface area contributed by atoms with Crippen molar-refractivity contribution in [1.29, 1.82) is 0 Å². The zero-order valence-electron chi connectivity index (χ0n) is 18.9. The first-order chi connectivity index (χ1) is 14.9. The largest absolute Gasteiger partial charge is 0.459 e. The van der Waals surface area contributed by atoms with Gasteiger partial charge in [0.15, 0.2) is 0 Å². The van der Waals surface area contributed by atoms with Crippen LogP contribution in [0.25, 0.3) is 22.1 Å². The molecule has 31 heavy (non-hydrogen) atoms. The highest BCUT2D eigenvalue weighted by molar-refractivity contribution is 5.93. The number of hydrogen-bond donors (Lipinski definition) is 1. The highest BCUT2D eigenvalue weighted by Gasteiger charge is 2.17. The molecule has 3 aromatic heterocycles.